The fourth-order valence-electron chi connectivity index (χ4n) is 1.98. The minimum atomic E-state index is 0.556. The maximum absolute atomic E-state index is 11.2. The number of hydrogen-bond donors (Lipinski definition) is 0. The van der Waals surface area contributed by atoms with Crippen molar-refractivity contribution in [1.82, 2.24) is 0 Å². The molecule has 0 spiro atoms. The topological polar surface area (TPSA) is 35.5 Å². The van der Waals surface area contributed by atoms with Gasteiger partial charge in [0.2, 0.25) is 0 Å². The molecule has 2 rings (SSSR count). The van der Waals surface area contributed by atoms with Crippen molar-refractivity contribution >= 4 is 6.29 Å². The summed E-state index contributed by atoms with van der Waals surface area (Å²) in [5.74, 6) is 1.17. The van der Waals surface area contributed by atoms with Crippen molar-refractivity contribution in [1.29, 1.82) is 0 Å². The normalized spacial score (nSPS) is 10.1. The first-order valence-corrected chi connectivity index (χ1v) is 5.98. The van der Waals surface area contributed by atoms with E-state index in [9.17, 15) is 4.79 Å². The number of carbonyl (C=O) groups is 1. The zero-order chi connectivity index (χ0) is 13.8. The summed E-state index contributed by atoms with van der Waals surface area (Å²) in [5, 5.41) is 0. The first-order valence-electron chi connectivity index (χ1n) is 5.98. The van der Waals surface area contributed by atoms with Gasteiger partial charge in [-0.3, -0.25) is 4.79 Å². The molecule has 98 valence electrons. The highest BCUT2D eigenvalue weighted by Crippen LogP contribution is 2.35. The van der Waals surface area contributed by atoms with Crippen LogP contribution in [0.1, 0.15) is 15.9 Å². The Morgan fingerprint density at radius 2 is 1.53 bits per heavy atom. The second-order valence-electron chi connectivity index (χ2n) is 4.28. The van der Waals surface area contributed by atoms with Crippen LogP contribution in [0, 0.1) is 6.92 Å². The predicted molar refractivity (Wildman–Crippen MR) is 75.1 cm³/mol. The molecule has 2 aromatic rings. The molecule has 0 aliphatic heterocycles. The van der Waals surface area contributed by atoms with Gasteiger partial charge in [0.1, 0.15) is 0 Å². The molecule has 0 atom stereocenters. The summed E-state index contributed by atoms with van der Waals surface area (Å²) in [6.07, 6.45) is 0.831. The van der Waals surface area contributed by atoms with Gasteiger partial charge in [-0.05, 0) is 30.2 Å². The number of carbonyl (C=O) groups excluding carboxylic acids is 1. The van der Waals surface area contributed by atoms with Gasteiger partial charge in [-0.2, -0.15) is 0 Å². The van der Waals surface area contributed by atoms with Crippen molar-refractivity contribution in [2.45, 2.75) is 6.92 Å². The Kier molecular flexibility index (Phi) is 3.85. The molecular weight excluding hydrogens is 240 g/mol. The van der Waals surface area contributed by atoms with Gasteiger partial charge < -0.3 is 9.47 Å². The molecule has 0 aliphatic rings. The van der Waals surface area contributed by atoms with Gasteiger partial charge in [0.05, 0.1) is 14.2 Å². The second kappa shape index (κ2) is 5.57. The summed E-state index contributed by atoms with van der Waals surface area (Å²) in [6.45, 7) is 2.03. The van der Waals surface area contributed by atoms with Crippen molar-refractivity contribution in [2.24, 2.45) is 0 Å². The van der Waals surface area contributed by atoms with E-state index >= 15 is 0 Å². The van der Waals surface area contributed by atoms with Crippen LogP contribution in [0.5, 0.6) is 11.5 Å². The molecule has 3 heteroatoms. The minimum absolute atomic E-state index is 0.556. The highest BCUT2D eigenvalue weighted by Gasteiger charge is 2.12. The fraction of sp³-hybridized carbons (Fsp3) is 0.188. The van der Waals surface area contributed by atoms with Crippen LogP contribution in [0.15, 0.2) is 36.4 Å². The Balaban J connectivity index is 2.61. The van der Waals surface area contributed by atoms with Gasteiger partial charge in [0.25, 0.3) is 0 Å². The molecule has 2 aromatic carbocycles. The third-order valence-electron chi connectivity index (χ3n) is 3.05. The molecule has 0 unspecified atom stereocenters. The van der Waals surface area contributed by atoms with Crippen LogP contribution in [0.25, 0.3) is 11.1 Å². The standard InChI is InChI=1S/C16H16O3/c1-11-4-6-12(7-5-11)14-9-16(19-3)15(18-2)8-13(14)10-17/h4-10H,1-3H3. The van der Waals surface area contributed by atoms with Crippen LogP contribution < -0.4 is 9.47 Å². The quantitative estimate of drug-likeness (QED) is 0.785. The van der Waals surface area contributed by atoms with E-state index in [1.807, 2.05) is 37.3 Å². The smallest absolute Gasteiger partial charge is 0.161 e. The molecule has 0 N–H and O–H groups in total. The molecule has 19 heavy (non-hydrogen) atoms. The first kappa shape index (κ1) is 13.1. The van der Waals surface area contributed by atoms with E-state index in [0.717, 1.165) is 17.4 Å². The van der Waals surface area contributed by atoms with E-state index in [0.29, 0.717) is 17.1 Å². The third-order valence-corrected chi connectivity index (χ3v) is 3.05. The van der Waals surface area contributed by atoms with Crippen LogP contribution in [-0.4, -0.2) is 20.5 Å². The van der Waals surface area contributed by atoms with Gasteiger partial charge >= 0.3 is 0 Å². The summed E-state index contributed by atoms with van der Waals surface area (Å²) in [5.41, 5.74) is 3.58. The second-order valence-corrected chi connectivity index (χ2v) is 4.28. The molecular formula is C16H16O3. The summed E-state index contributed by atoms with van der Waals surface area (Å²) in [6, 6.07) is 11.5. The van der Waals surface area contributed by atoms with E-state index < -0.39 is 0 Å². The number of ether oxygens (including phenoxy) is 2. The Morgan fingerprint density at radius 3 is 2.05 bits per heavy atom. The van der Waals surface area contributed by atoms with Gasteiger partial charge in [-0.25, -0.2) is 0 Å². The van der Waals surface area contributed by atoms with E-state index in [4.69, 9.17) is 9.47 Å². The number of aryl methyl sites for hydroxylation is 1. The zero-order valence-electron chi connectivity index (χ0n) is 11.3. The van der Waals surface area contributed by atoms with Crippen molar-refractivity contribution in [3.8, 4) is 22.6 Å². The number of methoxy groups -OCH3 is 2. The lowest BCUT2D eigenvalue weighted by Crippen LogP contribution is -1.95. The van der Waals surface area contributed by atoms with Crippen LogP contribution in [0.2, 0.25) is 0 Å². The number of benzene rings is 2. The number of hydrogen-bond acceptors (Lipinski definition) is 3. The maximum Gasteiger partial charge on any atom is 0.161 e. The van der Waals surface area contributed by atoms with Gasteiger partial charge in [-0.1, -0.05) is 29.8 Å². The third kappa shape index (κ3) is 2.60. The SMILES string of the molecule is COc1cc(C=O)c(-c2ccc(C)cc2)cc1OC. The summed E-state index contributed by atoms with van der Waals surface area (Å²) >= 11 is 0. The number of aldehydes is 1. The number of rotatable bonds is 4. The minimum Gasteiger partial charge on any atom is -0.493 e. The Hall–Kier alpha value is -2.29. The summed E-state index contributed by atoms with van der Waals surface area (Å²) in [4.78, 5) is 11.2. The molecule has 0 amide bonds. The largest absolute Gasteiger partial charge is 0.493 e. The highest BCUT2D eigenvalue weighted by atomic mass is 16.5. The van der Waals surface area contributed by atoms with Crippen LogP contribution in [-0.2, 0) is 0 Å². The Bertz CT molecular complexity index is 586. The molecule has 0 saturated carbocycles. The molecule has 0 fully saturated rings. The average Bonchev–Trinajstić information content (AvgIpc) is 2.46. The summed E-state index contributed by atoms with van der Waals surface area (Å²) < 4.78 is 10.5. The maximum atomic E-state index is 11.2. The van der Waals surface area contributed by atoms with Crippen LogP contribution in [0.3, 0.4) is 0 Å². The molecule has 0 saturated heterocycles. The molecule has 3 nitrogen and oxygen atoms in total. The van der Waals surface area contributed by atoms with Crippen molar-refractivity contribution in [3.05, 3.63) is 47.5 Å². The zero-order valence-corrected chi connectivity index (χ0v) is 11.3. The van der Waals surface area contributed by atoms with Crippen molar-refractivity contribution in [2.75, 3.05) is 14.2 Å². The van der Waals surface area contributed by atoms with Gasteiger partial charge in [0, 0.05) is 5.56 Å². The van der Waals surface area contributed by atoms with E-state index in [1.165, 1.54) is 5.56 Å². The van der Waals surface area contributed by atoms with Gasteiger partial charge in [0.15, 0.2) is 17.8 Å². The lowest BCUT2D eigenvalue weighted by atomic mass is 9.98. The van der Waals surface area contributed by atoms with E-state index in [-0.39, 0.29) is 0 Å². The molecule has 0 aliphatic carbocycles. The summed E-state index contributed by atoms with van der Waals surface area (Å²) in [7, 11) is 3.13. The Morgan fingerprint density at radius 1 is 0.947 bits per heavy atom. The predicted octanol–water partition coefficient (Wildman–Crippen LogP) is 3.49. The molecule has 0 aromatic heterocycles. The van der Waals surface area contributed by atoms with Crippen molar-refractivity contribution in [3.63, 3.8) is 0 Å². The fourth-order valence-corrected chi connectivity index (χ4v) is 1.98. The lowest BCUT2D eigenvalue weighted by Gasteiger charge is -2.12. The van der Waals surface area contributed by atoms with E-state index in [1.54, 1.807) is 20.3 Å². The molecule has 0 heterocycles. The monoisotopic (exact) mass is 256 g/mol. The Labute approximate surface area is 112 Å². The van der Waals surface area contributed by atoms with Crippen molar-refractivity contribution < 1.29 is 14.3 Å². The van der Waals surface area contributed by atoms with Crippen LogP contribution >= 0.6 is 0 Å². The lowest BCUT2D eigenvalue weighted by molar-refractivity contribution is 0.112. The molecule has 0 bridgehead atoms. The first-order chi connectivity index (χ1) is 9.19. The average molecular weight is 256 g/mol. The van der Waals surface area contributed by atoms with E-state index in [2.05, 4.69) is 0 Å². The molecule has 0 radical (unpaired) electrons. The van der Waals surface area contributed by atoms with Gasteiger partial charge in [-0.15, -0.1) is 0 Å². The highest BCUT2D eigenvalue weighted by molar-refractivity contribution is 5.89. The van der Waals surface area contributed by atoms with Crippen LogP contribution in [0.4, 0.5) is 0 Å².